The van der Waals surface area contributed by atoms with Gasteiger partial charge in [0, 0.05) is 6.04 Å². The van der Waals surface area contributed by atoms with Crippen molar-refractivity contribution in [3.05, 3.63) is 70.8 Å². The van der Waals surface area contributed by atoms with Gasteiger partial charge < -0.3 is 4.74 Å². The van der Waals surface area contributed by atoms with Crippen LogP contribution in [0.5, 0.6) is 0 Å². The number of ether oxygens (including phenoxy) is 1. The topological polar surface area (TPSA) is 47.3 Å². The third kappa shape index (κ3) is 2.90. The number of fused-ring (bicyclic) bond motifs is 1. The first-order valence-corrected chi connectivity index (χ1v) is 7.06. The second-order valence-corrected chi connectivity index (χ2v) is 5.26. The van der Waals surface area contributed by atoms with Gasteiger partial charge in [-0.3, -0.25) is 11.3 Å². The van der Waals surface area contributed by atoms with Crippen LogP contribution in [0.3, 0.4) is 0 Å². The number of hydrogen-bond acceptors (Lipinski definition) is 3. The Morgan fingerprint density at radius 3 is 2.65 bits per heavy atom. The second-order valence-electron chi connectivity index (χ2n) is 5.26. The zero-order valence-electron chi connectivity index (χ0n) is 11.5. The van der Waals surface area contributed by atoms with Crippen LogP contribution in [0.25, 0.3) is 0 Å². The maximum absolute atomic E-state index is 5.73. The molecule has 1 atom stereocenters. The van der Waals surface area contributed by atoms with Gasteiger partial charge in [0.25, 0.3) is 0 Å². The second kappa shape index (κ2) is 6.18. The van der Waals surface area contributed by atoms with Gasteiger partial charge in [-0.2, -0.15) is 0 Å². The fourth-order valence-corrected chi connectivity index (χ4v) is 2.71. The number of aryl methyl sites for hydroxylation is 1. The molecule has 3 N–H and O–H groups in total. The molecule has 20 heavy (non-hydrogen) atoms. The first-order chi connectivity index (χ1) is 9.86. The third-order valence-electron chi connectivity index (χ3n) is 3.91. The molecule has 3 heteroatoms. The predicted molar refractivity (Wildman–Crippen MR) is 79.8 cm³/mol. The summed E-state index contributed by atoms with van der Waals surface area (Å²) in [6.45, 7) is 1.46. The van der Waals surface area contributed by atoms with E-state index in [-0.39, 0.29) is 6.04 Å². The van der Waals surface area contributed by atoms with Crippen LogP contribution in [0.4, 0.5) is 0 Å². The van der Waals surface area contributed by atoms with Gasteiger partial charge in [0.15, 0.2) is 0 Å². The molecular weight excluding hydrogens is 248 g/mol. The number of rotatable bonds is 5. The molecule has 0 spiro atoms. The average molecular weight is 268 g/mol. The number of hydrazine groups is 1. The van der Waals surface area contributed by atoms with Gasteiger partial charge in [-0.05, 0) is 35.1 Å². The van der Waals surface area contributed by atoms with Crippen molar-refractivity contribution in [2.24, 2.45) is 5.84 Å². The van der Waals surface area contributed by atoms with Crippen molar-refractivity contribution < 1.29 is 4.74 Å². The third-order valence-corrected chi connectivity index (χ3v) is 3.91. The van der Waals surface area contributed by atoms with Gasteiger partial charge in [-0.25, -0.2) is 0 Å². The van der Waals surface area contributed by atoms with Crippen LogP contribution in [0.1, 0.15) is 34.7 Å². The maximum atomic E-state index is 5.73. The molecule has 3 rings (SSSR count). The van der Waals surface area contributed by atoms with Crippen molar-refractivity contribution in [3.63, 3.8) is 0 Å². The van der Waals surface area contributed by atoms with Gasteiger partial charge in [0.1, 0.15) is 0 Å². The van der Waals surface area contributed by atoms with Crippen LogP contribution >= 0.6 is 0 Å². The standard InChI is InChI=1S/C17H20N2O/c18-19-17(9-6-13-4-2-1-3-5-13)14-7-8-15-11-20-12-16(15)10-14/h1-5,7-8,10,17,19H,6,9,11-12,18H2. The summed E-state index contributed by atoms with van der Waals surface area (Å²) in [5.41, 5.74) is 8.12. The molecule has 1 aliphatic heterocycles. The minimum Gasteiger partial charge on any atom is -0.372 e. The van der Waals surface area contributed by atoms with Gasteiger partial charge >= 0.3 is 0 Å². The van der Waals surface area contributed by atoms with Crippen LogP contribution in [0.2, 0.25) is 0 Å². The smallest absolute Gasteiger partial charge is 0.0725 e. The highest BCUT2D eigenvalue weighted by Crippen LogP contribution is 2.25. The van der Waals surface area contributed by atoms with Crippen LogP contribution in [0, 0.1) is 0 Å². The molecule has 0 saturated carbocycles. The Hall–Kier alpha value is -1.68. The Kier molecular flexibility index (Phi) is 4.11. The summed E-state index contributed by atoms with van der Waals surface area (Å²) in [6, 6.07) is 17.2. The molecule has 2 aromatic rings. The highest BCUT2D eigenvalue weighted by Gasteiger charge is 2.15. The molecule has 1 aliphatic rings. The minimum absolute atomic E-state index is 0.182. The molecule has 1 unspecified atom stereocenters. The van der Waals surface area contributed by atoms with Crippen LogP contribution in [-0.4, -0.2) is 0 Å². The van der Waals surface area contributed by atoms with E-state index in [1.54, 1.807) is 0 Å². The largest absolute Gasteiger partial charge is 0.372 e. The Bertz CT molecular complexity index is 568. The zero-order valence-corrected chi connectivity index (χ0v) is 11.5. The van der Waals surface area contributed by atoms with Crippen molar-refractivity contribution in [2.75, 3.05) is 0 Å². The average Bonchev–Trinajstić information content (AvgIpc) is 2.96. The first kappa shape index (κ1) is 13.3. The zero-order chi connectivity index (χ0) is 13.8. The van der Waals surface area contributed by atoms with Crippen molar-refractivity contribution in [1.82, 2.24) is 5.43 Å². The number of nitrogens with two attached hydrogens (primary N) is 1. The van der Waals surface area contributed by atoms with E-state index in [1.165, 1.54) is 22.3 Å². The maximum Gasteiger partial charge on any atom is 0.0725 e. The van der Waals surface area contributed by atoms with Gasteiger partial charge in [0.05, 0.1) is 13.2 Å². The van der Waals surface area contributed by atoms with Crippen molar-refractivity contribution >= 4 is 0 Å². The van der Waals surface area contributed by atoms with E-state index in [0.717, 1.165) is 26.1 Å². The summed E-state index contributed by atoms with van der Waals surface area (Å²) in [5, 5.41) is 0. The summed E-state index contributed by atoms with van der Waals surface area (Å²) < 4.78 is 5.46. The lowest BCUT2D eigenvalue weighted by atomic mass is 9.96. The van der Waals surface area contributed by atoms with E-state index in [9.17, 15) is 0 Å². The fourth-order valence-electron chi connectivity index (χ4n) is 2.71. The Morgan fingerprint density at radius 1 is 1.05 bits per heavy atom. The fraction of sp³-hybridized carbons (Fsp3) is 0.294. The molecule has 104 valence electrons. The van der Waals surface area contributed by atoms with E-state index in [4.69, 9.17) is 10.6 Å². The van der Waals surface area contributed by atoms with E-state index in [0.29, 0.717) is 0 Å². The van der Waals surface area contributed by atoms with E-state index >= 15 is 0 Å². The lowest BCUT2D eigenvalue weighted by Crippen LogP contribution is -2.28. The Labute approximate surface area is 119 Å². The molecule has 3 nitrogen and oxygen atoms in total. The lowest BCUT2D eigenvalue weighted by molar-refractivity contribution is 0.134. The normalized spacial score (nSPS) is 15.1. The summed E-state index contributed by atoms with van der Waals surface area (Å²) in [4.78, 5) is 0. The number of nitrogens with one attached hydrogen (secondary N) is 1. The molecule has 0 fully saturated rings. The monoisotopic (exact) mass is 268 g/mol. The summed E-state index contributed by atoms with van der Waals surface area (Å²) in [5.74, 6) is 5.73. The quantitative estimate of drug-likeness (QED) is 0.647. The Morgan fingerprint density at radius 2 is 1.85 bits per heavy atom. The van der Waals surface area contributed by atoms with E-state index < -0.39 is 0 Å². The van der Waals surface area contributed by atoms with E-state index in [2.05, 4.69) is 47.9 Å². The van der Waals surface area contributed by atoms with Gasteiger partial charge in [-0.15, -0.1) is 0 Å². The van der Waals surface area contributed by atoms with Gasteiger partial charge in [0.2, 0.25) is 0 Å². The number of hydrogen-bond donors (Lipinski definition) is 2. The molecule has 0 bridgehead atoms. The summed E-state index contributed by atoms with van der Waals surface area (Å²) >= 11 is 0. The summed E-state index contributed by atoms with van der Waals surface area (Å²) in [7, 11) is 0. The van der Waals surface area contributed by atoms with Crippen molar-refractivity contribution in [1.29, 1.82) is 0 Å². The highest BCUT2D eigenvalue weighted by atomic mass is 16.5. The molecule has 1 heterocycles. The molecule has 0 radical (unpaired) electrons. The van der Waals surface area contributed by atoms with Crippen molar-refractivity contribution in [2.45, 2.75) is 32.1 Å². The van der Waals surface area contributed by atoms with Crippen LogP contribution in [-0.2, 0) is 24.4 Å². The summed E-state index contributed by atoms with van der Waals surface area (Å²) in [6.07, 6.45) is 2.00. The van der Waals surface area contributed by atoms with E-state index in [1.807, 2.05) is 6.07 Å². The van der Waals surface area contributed by atoms with Gasteiger partial charge in [-0.1, -0.05) is 48.5 Å². The molecular formula is C17H20N2O. The number of benzene rings is 2. The molecule has 0 aliphatic carbocycles. The highest BCUT2D eigenvalue weighted by molar-refractivity contribution is 5.34. The minimum atomic E-state index is 0.182. The van der Waals surface area contributed by atoms with Crippen LogP contribution in [0.15, 0.2) is 48.5 Å². The molecule has 2 aromatic carbocycles. The SMILES string of the molecule is NNC(CCc1ccccc1)c1ccc2c(c1)COC2. The van der Waals surface area contributed by atoms with Crippen molar-refractivity contribution in [3.8, 4) is 0 Å². The molecule has 0 amide bonds. The van der Waals surface area contributed by atoms with Crippen LogP contribution < -0.4 is 11.3 Å². The molecule has 0 saturated heterocycles. The lowest BCUT2D eigenvalue weighted by Gasteiger charge is -2.17. The Balaban J connectivity index is 1.70. The first-order valence-electron chi connectivity index (χ1n) is 7.06. The predicted octanol–water partition coefficient (Wildman–Crippen LogP) is 2.85. The molecule has 0 aromatic heterocycles.